The van der Waals surface area contributed by atoms with Gasteiger partial charge in [-0.15, -0.1) is 0 Å². The number of ether oxygens (including phenoxy) is 2. The number of benzene rings is 1. The highest BCUT2D eigenvalue weighted by Gasteiger charge is 2.34. The van der Waals surface area contributed by atoms with Gasteiger partial charge >= 0.3 is 12.0 Å². The lowest BCUT2D eigenvalue weighted by molar-refractivity contribution is -0.139. The number of nitrogens with one attached hydrogen (secondary N) is 2. The number of urea groups is 1. The lowest BCUT2D eigenvalue weighted by atomic mass is 9.93. The number of amides is 2. The molecule has 6 nitrogen and oxygen atoms in total. The molecule has 1 aliphatic rings. The van der Waals surface area contributed by atoms with Gasteiger partial charge in [-0.2, -0.15) is 0 Å². The van der Waals surface area contributed by atoms with Crippen LogP contribution >= 0.6 is 23.2 Å². The van der Waals surface area contributed by atoms with Crippen LogP contribution < -0.4 is 15.4 Å². The Balaban J connectivity index is 2.54. The fraction of sp³-hybridized carbons (Fsp3) is 0.474. The maximum absolute atomic E-state index is 12.6. The summed E-state index contributed by atoms with van der Waals surface area (Å²) in [6.45, 7) is 7.65. The summed E-state index contributed by atoms with van der Waals surface area (Å²) >= 11 is 12.7. The van der Waals surface area contributed by atoms with E-state index in [1.54, 1.807) is 19.1 Å². The molecule has 27 heavy (non-hydrogen) atoms. The SMILES string of the molecule is CCCC1=C(C(=O)OCC)C(c2cc(Cl)c(OC(C)C)c(Cl)c2)NC(=O)N1. The van der Waals surface area contributed by atoms with Crippen molar-refractivity contribution in [2.24, 2.45) is 0 Å². The minimum Gasteiger partial charge on any atom is -0.488 e. The highest BCUT2D eigenvalue weighted by atomic mass is 35.5. The molecule has 1 aliphatic heterocycles. The smallest absolute Gasteiger partial charge is 0.338 e. The van der Waals surface area contributed by atoms with Crippen LogP contribution in [-0.4, -0.2) is 24.7 Å². The molecular formula is C19H24Cl2N2O4. The molecule has 1 aromatic rings. The van der Waals surface area contributed by atoms with Crippen LogP contribution in [0.4, 0.5) is 4.79 Å². The molecule has 0 aromatic heterocycles. The number of allylic oxidation sites excluding steroid dienone is 1. The minimum atomic E-state index is -0.720. The standard InChI is InChI=1S/C19H24Cl2N2O4/c1-5-7-14-15(18(24)26-6-2)16(23-19(25)22-14)11-8-12(20)17(13(21)9-11)27-10(3)4/h8-10,16H,5-7H2,1-4H3,(H2,22,23,25). The second-order valence-corrected chi connectivity index (χ2v) is 7.19. The molecule has 0 aliphatic carbocycles. The number of esters is 1. The van der Waals surface area contributed by atoms with Gasteiger partial charge in [0.15, 0.2) is 5.75 Å². The molecule has 0 radical (unpaired) electrons. The molecule has 1 atom stereocenters. The van der Waals surface area contributed by atoms with Crippen LogP contribution in [0.1, 0.15) is 52.1 Å². The lowest BCUT2D eigenvalue weighted by Crippen LogP contribution is -2.46. The Morgan fingerprint density at radius 1 is 1.22 bits per heavy atom. The molecule has 0 fully saturated rings. The molecule has 2 rings (SSSR count). The van der Waals surface area contributed by atoms with E-state index < -0.39 is 18.0 Å². The first kappa shape index (κ1) is 21.4. The van der Waals surface area contributed by atoms with Crippen LogP contribution in [0.25, 0.3) is 0 Å². The maximum atomic E-state index is 12.6. The molecule has 8 heteroatoms. The first-order valence-corrected chi connectivity index (χ1v) is 9.67. The quantitative estimate of drug-likeness (QED) is 0.630. The van der Waals surface area contributed by atoms with Gasteiger partial charge in [-0.3, -0.25) is 0 Å². The average molecular weight is 415 g/mol. The molecule has 148 valence electrons. The normalized spacial score (nSPS) is 16.9. The second kappa shape index (κ2) is 9.33. The summed E-state index contributed by atoms with van der Waals surface area (Å²) < 4.78 is 10.8. The topological polar surface area (TPSA) is 76.7 Å². The lowest BCUT2D eigenvalue weighted by Gasteiger charge is -2.30. The Bertz CT molecular complexity index is 739. The molecule has 1 unspecified atom stereocenters. The van der Waals surface area contributed by atoms with E-state index in [0.29, 0.717) is 39.0 Å². The zero-order valence-corrected chi connectivity index (χ0v) is 17.3. The van der Waals surface area contributed by atoms with Crippen molar-refractivity contribution < 1.29 is 19.1 Å². The third kappa shape index (κ3) is 5.08. The third-order valence-corrected chi connectivity index (χ3v) is 4.42. The van der Waals surface area contributed by atoms with Gasteiger partial charge in [-0.05, 0) is 44.9 Å². The molecule has 1 aromatic carbocycles. The van der Waals surface area contributed by atoms with Crippen LogP contribution in [-0.2, 0) is 9.53 Å². The van der Waals surface area contributed by atoms with E-state index in [4.69, 9.17) is 32.7 Å². The molecule has 1 heterocycles. The van der Waals surface area contributed by atoms with E-state index in [2.05, 4.69) is 10.6 Å². The Labute approximate surface area is 169 Å². The Kier molecular flexibility index (Phi) is 7.39. The summed E-state index contributed by atoms with van der Waals surface area (Å²) in [4.78, 5) is 24.7. The van der Waals surface area contributed by atoms with Crippen LogP contribution in [0.5, 0.6) is 5.75 Å². The van der Waals surface area contributed by atoms with Gasteiger partial charge in [0.2, 0.25) is 0 Å². The monoisotopic (exact) mass is 414 g/mol. The van der Waals surface area contributed by atoms with Crippen molar-refractivity contribution in [1.29, 1.82) is 0 Å². The number of carbonyl (C=O) groups is 2. The zero-order chi connectivity index (χ0) is 20.1. The molecule has 2 amide bonds. The fourth-order valence-electron chi connectivity index (χ4n) is 2.86. The van der Waals surface area contributed by atoms with Gasteiger partial charge in [-0.25, -0.2) is 9.59 Å². The van der Waals surface area contributed by atoms with E-state index in [-0.39, 0.29) is 12.7 Å². The van der Waals surface area contributed by atoms with Crippen molar-refractivity contribution >= 4 is 35.2 Å². The van der Waals surface area contributed by atoms with E-state index in [9.17, 15) is 9.59 Å². The van der Waals surface area contributed by atoms with E-state index in [1.807, 2.05) is 20.8 Å². The van der Waals surface area contributed by atoms with Crippen molar-refractivity contribution in [3.05, 3.63) is 39.0 Å². The Hall–Kier alpha value is -1.92. The number of hydrogen-bond acceptors (Lipinski definition) is 4. The van der Waals surface area contributed by atoms with Crippen molar-refractivity contribution in [2.75, 3.05) is 6.61 Å². The first-order valence-electron chi connectivity index (χ1n) is 8.91. The highest BCUT2D eigenvalue weighted by molar-refractivity contribution is 6.37. The van der Waals surface area contributed by atoms with Crippen LogP contribution in [0.15, 0.2) is 23.4 Å². The first-order chi connectivity index (χ1) is 12.8. The maximum Gasteiger partial charge on any atom is 0.338 e. The van der Waals surface area contributed by atoms with Gasteiger partial charge in [0.25, 0.3) is 0 Å². The predicted octanol–water partition coefficient (Wildman–Crippen LogP) is 4.75. The van der Waals surface area contributed by atoms with Crippen LogP contribution in [0.2, 0.25) is 10.0 Å². The summed E-state index contributed by atoms with van der Waals surface area (Å²) in [6.07, 6.45) is 1.19. The summed E-state index contributed by atoms with van der Waals surface area (Å²) in [6, 6.07) is 2.17. The van der Waals surface area contributed by atoms with Gasteiger partial charge in [0.05, 0.1) is 34.4 Å². The molecule has 0 saturated heterocycles. The highest BCUT2D eigenvalue weighted by Crippen LogP contribution is 2.39. The van der Waals surface area contributed by atoms with Crippen molar-refractivity contribution in [1.82, 2.24) is 10.6 Å². The second-order valence-electron chi connectivity index (χ2n) is 6.37. The van der Waals surface area contributed by atoms with Gasteiger partial charge in [0, 0.05) is 5.70 Å². The van der Waals surface area contributed by atoms with Gasteiger partial charge in [0.1, 0.15) is 0 Å². The van der Waals surface area contributed by atoms with E-state index >= 15 is 0 Å². The average Bonchev–Trinajstić information content (AvgIpc) is 2.57. The fourth-order valence-corrected chi connectivity index (χ4v) is 3.45. The van der Waals surface area contributed by atoms with Gasteiger partial charge in [-0.1, -0.05) is 36.5 Å². The third-order valence-electron chi connectivity index (χ3n) is 3.86. The molecule has 0 saturated carbocycles. The van der Waals surface area contributed by atoms with E-state index in [1.165, 1.54) is 0 Å². The molecule has 0 spiro atoms. The number of halogens is 2. The number of hydrogen-bond donors (Lipinski definition) is 2. The molecule has 0 bridgehead atoms. The molecular weight excluding hydrogens is 391 g/mol. The number of rotatable bonds is 7. The summed E-state index contributed by atoms with van der Waals surface area (Å²) in [5.74, 6) is -0.124. The zero-order valence-electron chi connectivity index (χ0n) is 15.8. The van der Waals surface area contributed by atoms with Crippen molar-refractivity contribution in [3.63, 3.8) is 0 Å². The Morgan fingerprint density at radius 2 is 1.85 bits per heavy atom. The van der Waals surface area contributed by atoms with Crippen LogP contribution in [0, 0.1) is 0 Å². The minimum absolute atomic E-state index is 0.101. The van der Waals surface area contributed by atoms with Gasteiger partial charge < -0.3 is 20.1 Å². The summed E-state index contributed by atoms with van der Waals surface area (Å²) in [5, 5.41) is 6.08. The van der Waals surface area contributed by atoms with Crippen LogP contribution in [0.3, 0.4) is 0 Å². The summed E-state index contributed by atoms with van der Waals surface area (Å²) in [5.41, 5.74) is 1.47. The van der Waals surface area contributed by atoms with Crippen molar-refractivity contribution in [2.45, 2.75) is 52.7 Å². The predicted molar refractivity (Wildman–Crippen MR) is 105 cm³/mol. The van der Waals surface area contributed by atoms with Crippen molar-refractivity contribution in [3.8, 4) is 5.75 Å². The Morgan fingerprint density at radius 3 is 2.37 bits per heavy atom. The van der Waals surface area contributed by atoms with E-state index in [0.717, 1.165) is 6.42 Å². The molecule has 2 N–H and O–H groups in total. The number of carbonyl (C=O) groups excluding carboxylic acids is 2. The summed E-state index contributed by atoms with van der Waals surface area (Å²) in [7, 11) is 0. The largest absolute Gasteiger partial charge is 0.488 e.